The van der Waals surface area contributed by atoms with Crippen molar-refractivity contribution in [2.24, 2.45) is 29.1 Å². The first-order chi connectivity index (χ1) is 22.6. The van der Waals surface area contributed by atoms with E-state index in [1.807, 2.05) is 12.1 Å². The molecular formula is C36H47N5O5S. The molecule has 0 aromatic heterocycles. The summed E-state index contributed by atoms with van der Waals surface area (Å²) in [4.78, 5) is 26.9. The van der Waals surface area contributed by atoms with Gasteiger partial charge in [0.1, 0.15) is 5.69 Å². The molecule has 0 spiro atoms. The third kappa shape index (κ3) is 6.08. The summed E-state index contributed by atoms with van der Waals surface area (Å²) in [7, 11) is -4.33. The standard InChI is InChI=1S/C36H47N5O5S/c42-35(39-47(45,46)30-10-11-31(33(16-30)41(43)44)37-20-23-4-2-1-3-5-23)28-8-6-27(7-9-28)34-32-15-29(21-38-32)40(34)22-36-17-24-12-25(18-36)14-26(13-24)19-36/h6-11,16,23-26,29,32,34,37-38H,1-5,12-15,17-22H2,(H,39,42)/t24?,25?,26?,29-,32+,34?,36?/m1/s1. The molecule has 1 unspecified atom stereocenters. The number of fused-ring (bicyclic) bond motifs is 2. The van der Waals surface area contributed by atoms with E-state index in [9.17, 15) is 23.3 Å². The maximum atomic E-state index is 13.2. The van der Waals surface area contributed by atoms with Crippen molar-refractivity contribution in [2.75, 3.05) is 25.0 Å². The van der Waals surface area contributed by atoms with E-state index in [2.05, 4.69) is 20.3 Å². The first-order valence-corrected chi connectivity index (χ1v) is 19.3. The molecule has 2 aromatic carbocycles. The fourth-order valence-corrected chi connectivity index (χ4v) is 11.9. The molecule has 5 aliphatic carbocycles. The van der Waals surface area contributed by atoms with Crippen LogP contribution in [0.3, 0.4) is 0 Å². The number of carbonyl (C=O) groups is 1. The first-order valence-electron chi connectivity index (χ1n) is 17.8. The Kier molecular flexibility index (Phi) is 8.08. The lowest BCUT2D eigenvalue weighted by molar-refractivity contribution is -0.384. The largest absolute Gasteiger partial charge is 0.379 e. The number of nitro benzene ring substituents is 1. The average Bonchev–Trinajstić information content (AvgIpc) is 3.65. The lowest BCUT2D eigenvalue weighted by atomic mass is 9.49. The fourth-order valence-electron chi connectivity index (χ4n) is 10.9. The van der Waals surface area contributed by atoms with E-state index >= 15 is 0 Å². The van der Waals surface area contributed by atoms with Gasteiger partial charge in [-0.15, -0.1) is 0 Å². The highest BCUT2D eigenvalue weighted by Crippen LogP contribution is 2.61. The summed E-state index contributed by atoms with van der Waals surface area (Å²) >= 11 is 0. The van der Waals surface area contributed by atoms with E-state index in [0.717, 1.165) is 74.6 Å². The Bertz CT molecular complexity index is 1600. The second-order valence-corrected chi connectivity index (χ2v) is 17.5. The number of likely N-dealkylation sites (tertiary alicyclic amines) is 1. The van der Waals surface area contributed by atoms with Gasteiger partial charge in [-0.25, -0.2) is 13.1 Å². The number of hydrogen-bond donors (Lipinski definition) is 3. The minimum absolute atomic E-state index is 0.237. The van der Waals surface area contributed by atoms with Gasteiger partial charge in [0.05, 0.1) is 15.9 Å². The van der Waals surface area contributed by atoms with Crippen molar-refractivity contribution < 1.29 is 18.1 Å². The van der Waals surface area contributed by atoms with Crippen molar-refractivity contribution in [2.45, 2.75) is 100 Å². The number of hydrogen-bond acceptors (Lipinski definition) is 8. The van der Waals surface area contributed by atoms with Crippen LogP contribution >= 0.6 is 0 Å². The number of carbonyl (C=O) groups excluding carboxylic acids is 1. The maximum Gasteiger partial charge on any atom is 0.293 e. The predicted molar refractivity (Wildman–Crippen MR) is 180 cm³/mol. The minimum Gasteiger partial charge on any atom is -0.379 e. The Morgan fingerprint density at radius 2 is 1.64 bits per heavy atom. The smallest absolute Gasteiger partial charge is 0.293 e. The first kappa shape index (κ1) is 31.3. The number of amides is 1. The average molecular weight is 662 g/mol. The van der Waals surface area contributed by atoms with Crippen LogP contribution in [0.2, 0.25) is 0 Å². The van der Waals surface area contributed by atoms with E-state index in [1.54, 1.807) is 12.1 Å². The number of nitrogens with zero attached hydrogens (tertiary/aromatic N) is 2. The number of anilines is 1. The van der Waals surface area contributed by atoms with Crippen LogP contribution in [-0.2, 0) is 10.0 Å². The Hall–Kier alpha value is -3.02. The molecule has 47 heavy (non-hydrogen) atoms. The van der Waals surface area contributed by atoms with Gasteiger partial charge in [-0.1, -0.05) is 31.4 Å². The summed E-state index contributed by atoms with van der Waals surface area (Å²) in [5.41, 5.74) is 1.80. The molecule has 0 radical (unpaired) electrons. The normalized spacial score (nSPS) is 33.3. The highest BCUT2D eigenvalue weighted by atomic mass is 32.2. The summed E-state index contributed by atoms with van der Waals surface area (Å²) in [6.07, 6.45) is 15.3. The summed E-state index contributed by atoms with van der Waals surface area (Å²) in [5, 5.41) is 18.7. The van der Waals surface area contributed by atoms with Gasteiger partial charge in [0.2, 0.25) is 0 Å². The quantitative estimate of drug-likeness (QED) is 0.208. The van der Waals surface area contributed by atoms with Crippen LogP contribution in [0, 0.1) is 39.2 Å². The molecule has 3 N–H and O–H groups in total. The van der Waals surface area contributed by atoms with Crippen molar-refractivity contribution in [1.29, 1.82) is 0 Å². The molecule has 2 aromatic rings. The van der Waals surface area contributed by atoms with Crippen LogP contribution in [0.25, 0.3) is 0 Å². The van der Waals surface area contributed by atoms with E-state index in [4.69, 9.17) is 0 Å². The van der Waals surface area contributed by atoms with Crippen LogP contribution in [0.15, 0.2) is 47.4 Å². The monoisotopic (exact) mass is 661 g/mol. The Morgan fingerprint density at radius 1 is 0.957 bits per heavy atom. The topological polar surface area (TPSA) is 134 Å². The van der Waals surface area contributed by atoms with Gasteiger partial charge in [0, 0.05) is 43.3 Å². The lowest BCUT2D eigenvalue weighted by Crippen LogP contribution is -2.55. The lowest BCUT2D eigenvalue weighted by Gasteiger charge is -2.58. The van der Waals surface area contributed by atoms with E-state index < -0.39 is 20.9 Å². The number of nitro groups is 1. The van der Waals surface area contributed by atoms with Crippen LogP contribution in [0.1, 0.15) is 99.0 Å². The van der Waals surface area contributed by atoms with Crippen LogP contribution in [0.4, 0.5) is 11.4 Å². The molecule has 3 atom stereocenters. The second kappa shape index (κ2) is 12.1. The summed E-state index contributed by atoms with van der Waals surface area (Å²) < 4.78 is 28.6. The van der Waals surface area contributed by atoms with Crippen molar-refractivity contribution in [1.82, 2.24) is 14.9 Å². The molecule has 2 aliphatic heterocycles. The van der Waals surface area contributed by atoms with Gasteiger partial charge in [-0.3, -0.25) is 19.8 Å². The van der Waals surface area contributed by atoms with Gasteiger partial charge in [0.25, 0.3) is 21.6 Å². The van der Waals surface area contributed by atoms with E-state index in [-0.39, 0.29) is 27.9 Å². The molecular weight excluding hydrogens is 614 g/mol. The molecule has 9 rings (SSSR count). The zero-order valence-electron chi connectivity index (χ0n) is 27.0. The van der Waals surface area contributed by atoms with Gasteiger partial charge in [-0.05, 0) is 117 Å². The molecule has 11 heteroatoms. The molecule has 2 saturated heterocycles. The number of nitrogens with one attached hydrogen (secondary N) is 3. The molecule has 5 saturated carbocycles. The SMILES string of the molecule is O=C(NS(=O)(=O)c1ccc(NCC2CCCCC2)c([N+](=O)[O-])c1)c1ccc(C2[C@@H]3C[C@H](CN3)N2CC23CC4CC(CC(C4)C2)C3)cc1. The third-order valence-corrected chi connectivity index (χ3v) is 13.9. The van der Waals surface area contributed by atoms with Crippen molar-refractivity contribution in [3.63, 3.8) is 0 Å². The second-order valence-electron chi connectivity index (χ2n) is 15.8. The van der Waals surface area contributed by atoms with E-state index in [1.165, 1.54) is 57.1 Å². The van der Waals surface area contributed by atoms with Gasteiger partial charge in [-0.2, -0.15) is 0 Å². The molecule has 2 heterocycles. The van der Waals surface area contributed by atoms with Crippen molar-refractivity contribution in [3.8, 4) is 0 Å². The Labute approximate surface area is 277 Å². The highest BCUT2D eigenvalue weighted by molar-refractivity contribution is 7.90. The Morgan fingerprint density at radius 3 is 2.30 bits per heavy atom. The molecule has 10 nitrogen and oxygen atoms in total. The Balaban J connectivity index is 0.947. The number of benzene rings is 2. The summed E-state index contributed by atoms with van der Waals surface area (Å²) in [6.45, 7) is 2.80. The van der Waals surface area contributed by atoms with Gasteiger partial charge in [0.15, 0.2) is 0 Å². The third-order valence-electron chi connectivity index (χ3n) is 12.6. The zero-order valence-corrected chi connectivity index (χ0v) is 27.8. The van der Waals surface area contributed by atoms with Crippen LogP contribution in [0.5, 0.6) is 0 Å². The number of rotatable bonds is 10. The van der Waals surface area contributed by atoms with Crippen molar-refractivity contribution >= 4 is 27.3 Å². The van der Waals surface area contributed by atoms with Crippen molar-refractivity contribution in [3.05, 3.63) is 63.7 Å². The highest BCUT2D eigenvalue weighted by Gasteiger charge is 2.55. The molecule has 252 valence electrons. The maximum absolute atomic E-state index is 13.2. The molecule has 7 fully saturated rings. The van der Waals surface area contributed by atoms with Gasteiger partial charge >= 0.3 is 0 Å². The minimum atomic E-state index is -4.33. The number of piperazine rings is 1. The fraction of sp³-hybridized carbons (Fsp3) is 0.639. The van der Waals surface area contributed by atoms with Crippen LogP contribution < -0.4 is 15.4 Å². The zero-order chi connectivity index (χ0) is 32.3. The molecule has 1 amide bonds. The molecule has 6 bridgehead atoms. The summed E-state index contributed by atoms with van der Waals surface area (Å²) in [5.74, 6) is 2.44. The predicted octanol–water partition coefficient (Wildman–Crippen LogP) is 6.01. The van der Waals surface area contributed by atoms with Gasteiger partial charge < -0.3 is 10.6 Å². The number of sulfonamides is 1. The molecule has 7 aliphatic rings. The van der Waals surface area contributed by atoms with E-state index in [0.29, 0.717) is 30.0 Å². The van der Waals surface area contributed by atoms with Crippen LogP contribution in [-0.4, -0.2) is 55.9 Å². The summed E-state index contributed by atoms with van der Waals surface area (Å²) in [6, 6.07) is 12.3.